The maximum Gasteiger partial charge on any atom is 0.222 e. The molecule has 1 aromatic heterocycles. The van der Waals surface area contributed by atoms with Gasteiger partial charge >= 0.3 is 0 Å². The average molecular weight is 379 g/mol. The van der Waals surface area contributed by atoms with Crippen LogP contribution < -0.4 is 0 Å². The summed E-state index contributed by atoms with van der Waals surface area (Å²) < 4.78 is 7.58. The Balaban J connectivity index is 1.38. The van der Waals surface area contributed by atoms with Crippen molar-refractivity contribution in [3.63, 3.8) is 0 Å². The molecule has 0 bridgehead atoms. The summed E-state index contributed by atoms with van der Waals surface area (Å²) in [5.41, 5.74) is 0. The Hall–Kier alpha value is -1.54. The molecule has 1 atom stereocenters. The van der Waals surface area contributed by atoms with E-state index >= 15 is 0 Å². The molecule has 0 radical (unpaired) electrons. The molecule has 0 aromatic carbocycles. The minimum absolute atomic E-state index is 0.170. The van der Waals surface area contributed by atoms with E-state index in [2.05, 4.69) is 27.3 Å². The average Bonchev–Trinajstić information content (AvgIpc) is 3.11. The van der Waals surface area contributed by atoms with Crippen LogP contribution in [0.25, 0.3) is 0 Å². The van der Waals surface area contributed by atoms with E-state index in [1.807, 2.05) is 16.6 Å². The first kappa shape index (κ1) is 20.2. The number of hydrogen-bond acceptors (Lipinski definition) is 6. The monoisotopic (exact) mass is 378 g/mol. The van der Waals surface area contributed by atoms with Gasteiger partial charge in [0.05, 0.1) is 12.6 Å². The van der Waals surface area contributed by atoms with Crippen molar-refractivity contribution in [3.05, 3.63) is 5.82 Å². The van der Waals surface area contributed by atoms with E-state index < -0.39 is 0 Å². The van der Waals surface area contributed by atoms with Gasteiger partial charge in [-0.3, -0.25) is 9.69 Å². The Labute approximate surface area is 162 Å². The largest absolute Gasteiger partial charge is 0.376 e. The molecule has 3 heterocycles. The zero-order valence-corrected chi connectivity index (χ0v) is 16.8. The third kappa shape index (κ3) is 6.24. The minimum Gasteiger partial charge on any atom is -0.376 e. The van der Waals surface area contributed by atoms with Crippen LogP contribution in [0.5, 0.6) is 0 Å². The lowest BCUT2D eigenvalue weighted by atomic mass is 9.99. The molecule has 2 aliphatic rings. The van der Waals surface area contributed by atoms with Crippen LogP contribution in [-0.4, -0.2) is 75.3 Å². The molecule has 2 fully saturated rings. The third-order valence-corrected chi connectivity index (χ3v) is 5.79. The summed E-state index contributed by atoms with van der Waals surface area (Å²) in [5, 5.41) is 12.1. The maximum atomic E-state index is 12.4. The van der Waals surface area contributed by atoms with Crippen LogP contribution in [0.3, 0.4) is 0 Å². The number of carbonyl (C=O) groups is 1. The molecule has 0 aliphatic carbocycles. The molecule has 27 heavy (non-hydrogen) atoms. The van der Waals surface area contributed by atoms with Crippen LogP contribution >= 0.6 is 0 Å². The van der Waals surface area contributed by atoms with Crippen molar-refractivity contribution in [2.75, 3.05) is 33.3 Å². The number of aryl methyl sites for hydroxylation is 1. The van der Waals surface area contributed by atoms with Crippen molar-refractivity contribution in [3.8, 4) is 0 Å². The van der Waals surface area contributed by atoms with Crippen molar-refractivity contribution < 1.29 is 9.53 Å². The van der Waals surface area contributed by atoms with Crippen LogP contribution in [0.1, 0.15) is 57.7 Å². The number of rotatable bonds is 8. The van der Waals surface area contributed by atoms with Gasteiger partial charge in [-0.1, -0.05) is 6.92 Å². The van der Waals surface area contributed by atoms with Crippen molar-refractivity contribution in [1.29, 1.82) is 0 Å². The zero-order chi connectivity index (χ0) is 19.1. The highest BCUT2D eigenvalue weighted by molar-refractivity contribution is 5.75. The molecule has 1 aromatic rings. The third-order valence-electron chi connectivity index (χ3n) is 5.79. The summed E-state index contributed by atoms with van der Waals surface area (Å²) in [5.74, 6) is 1.89. The molecule has 0 unspecified atom stereocenters. The zero-order valence-electron chi connectivity index (χ0n) is 16.8. The van der Waals surface area contributed by atoms with Crippen molar-refractivity contribution in [1.82, 2.24) is 30.0 Å². The highest BCUT2D eigenvalue weighted by Crippen LogP contribution is 2.17. The van der Waals surface area contributed by atoms with Crippen LogP contribution in [0, 0.1) is 5.92 Å². The highest BCUT2D eigenvalue weighted by Gasteiger charge is 2.20. The van der Waals surface area contributed by atoms with Gasteiger partial charge < -0.3 is 9.64 Å². The first-order chi connectivity index (χ1) is 13.1. The summed E-state index contributed by atoms with van der Waals surface area (Å²) in [7, 11) is 1.88. The van der Waals surface area contributed by atoms with Gasteiger partial charge in [-0.05, 0) is 68.0 Å². The van der Waals surface area contributed by atoms with Gasteiger partial charge in [0.25, 0.3) is 0 Å². The first-order valence-corrected chi connectivity index (χ1v) is 10.4. The molecular formula is C19H34N6O2. The summed E-state index contributed by atoms with van der Waals surface area (Å²) in [6.07, 6.45) is 7.35. The second kappa shape index (κ2) is 10.1. The van der Waals surface area contributed by atoms with Gasteiger partial charge in [-0.15, -0.1) is 5.10 Å². The van der Waals surface area contributed by atoms with E-state index in [1.54, 1.807) is 0 Å². The first-order valence-electron chi connectivity index (χ1n) is 10.4. The van der Waals surface area contributed by atoms with E-state index in [4.69, 9.17) is 4.74 Å². The fraction of sp³-hybridized carbons (Fsp3) is 0.895. The molecule has 2 aliphatic heterocycles. The molecular weight excluding hydrogens is 344 g/mol. The maximum absolute atomic E-state index is 12.4. The van der Waals surface area contributed by atoms with Crippen LogP contribution in [0.15, 0.2) is 0 Å². The van der Waals surface area contributed by atoms with Gasteiger partial charge in [-0.2, -0.15) is 0 Å². The molecule has 2 saturated heterocycles. The number of likely N-dealkylation sites (N-methyl/N-ethyl adjacent to an activating group) is 1. The lowest BCUT2D eigenvalue weighted by molar-refractivity contribution is -0.132. The second-order valence-electron chi connectivity index (χ2n) is 8.14. The number of likely N-dealkylation sites (tertiary alicyclic amines) is 1. The van der Waals surface area contributed by atoms with E-state index in [1.165, 1.54) is 19.3 Å². The minimum atomic E-state index is 0.170. The van der Waals surface area contributed by atoms with Crippen LogP contribution in [0.2, 0.25) is 0 Å². The Morgan fingerprint density at radius 1 is 1.26 bits per heavy atom. The number of aromatic nitrogens is 4. The number of ether oxygens (including phenoxy) is 1. The summed E-state index contributed by atoms with van der Waals surface area (Å²) in [4.78, 5) is 16.6. The molecule has 1 amide bonds. The number of carbonyl (C=O) groups excluding carboxylic acids is 1. The molecule has 0 spiro atoms. The van der Waals surface area contributed by atoms with Crippen LogP contribution in [0.4, 0.5) is 0 Å². The number of piperidine rings is 1. The van der Waals surface area contributed by atoms with E-state index in [9.17, 15) is 4.79 Å². The van der Waals surface area contributed by atoms with Gasteiger partial charge in [-0.25, -0.2) is 4.68 Å². The number of tetrazole rings is 1. The Morgan fingerprint density at radius 2 is 2.07 bits per heavy atom. The topological polar surface area (TPSA) is 76.4 Å². The molecule has 8 heteroatoms. The van der Waals surface area contributed by atoms with Crippen molar-refractivity contribution in [2.45, 2.75) is 71.1 Å². The normalized spacial score (nSPS) is 22.1. The predicted molar refractivity (Wildman–Crippen MR) is 102 cm³/mol. The molecule has 8 nitrogen and oxygen atoms in total. The second-order valence-corrected chi connectivity index (χ2v) is 8.14. The SMILES string of the molecule is CC1CCN(Cc2nnnn2CCCC(=O)N(C)C[C@@H]2CCCCO2)CC1. The van der Waals surface area contributed by atoms with Crippen LogP contribution in [-0.2, 0) is 22.6 Å². The highest BCUT2D eigenvalue weighted by atomic mass is 16.5. The number of hydrogen-bond donors (Lipinski definition) is 0. The van der Waals surface area contributed by atoms with Crippen molar-refractivity contribution >= 4 is 5.91 Å². The standard InChI is InChI=1S/C19H34N6O2/c1-16-8-11-24(12-9-16)15-18-20-21-22-25(18)10-5-7-19(26)23(2)14-17-6-3-4-13-27-17/h16-17H,3-15H2,1-2H3/t17-/m0/s1. The van der Waals surface area contributed by atoms with E-state index in [-0.39, 0.29) is 12.0 Å². The van der Waals surface area contributed by atoms with Gasteiger partial charge in [0.1, 0.15) is 0 Å². The molecule has 3 rings (SSSR count). The molecule has 0 N–H and O–H groups in total. The number of nitrogens with zero attached hydrogens (tertiary/aromatic N) is 6. The molecule has 0 saturated carbocycles. The Morgan fingerprint density at radius 3 is 2.81 bits per heavy atom. The quantitative estimate of drug-likeness (QED) is 0.685. The van der Waals surface area contributed by atoms with Gasteiger partial charge in [0.15, 0.2) is 5.82 Å². The summed E-state index contributed by atoms with van der Waals surface area (Å²) in [6.45, 7) is 7.54. The summed E-state index contributed by atoms with van der Waals surface area (Å²) >= 11 is 0. The smallest absolute Gasteiger partial charge is 0.222 e. The van der Waals surface area contributed by atoms with Gasteiger partial charge in [0, 0.05) is 33.2 Å². The lowest BCUT2D eigenvalue weighted by Gasteiger charge is -2.29. The van der Waals surface area contributed by atoms with E-state index in [0.717, 1.165) is 57.2 Å². The summed E-state index contributed by atoms with van der Waals surface area (Å²) in [6, 6.07) is 0. The fourth-order valence-corrected chi connectivity index (χ4v) is 3.86. The predicted octanol–water partition coefficient (Wildman–Crippen LogP) is 1.71. The van der Waals surface area contributed by atoms with Gasteiger partial charge in [0.2, 0.25) is 5.91 Å². The number of amides is 1. The Bertz CT molecular complexity index is 579. The van der Waals surface area contributed by atoms with E-state index in [0.29, 0.717) is 19.5 Å². The fourth-order valence-electron chi connectivity index (χ4n) is 3.86. The molecule has 152 valence electrons. The Kier molecular flexibility index (Phi) is 7.58. The lowest BCUT2D eigenvalue weighted by Crippen LogP contribution is -2.37. The van der Waals surface area contributed by atoms with Crippen molar-refractivity contribution in [2.24, 2.45) is 5.92 Å².